The van der Waals surface area contributed by atoms with E-state index >= 15 is 0 Å². The molecule has 2 amide bonds. The molecule has 0 saturated carbocycles. The molecule has 0 saturated heterocycles. The van der Waals surface area contributed by atoms with E-state index < -0.39 is 0 Å². The van der Waals surface area contributed by atoms with Gasteiger partial charge in [-0.15, -0.1) is 0 Å². The van der Waals surface area contributed by atoms with Crippen LogP contribution in [0.25, 0.3) is 0 Å². The molecule has 0 spiro atoms. The number of amides is 2. The van der Waals surface area contributed by atoms with Crippen LogP contribution >= 0.6 is 23.2 Å². The number of nitrogens with one attached hydrogen (secondary N) is 2. The van der Waals surface area contributed by atoms with Gasteiger partial charge < -0.3 is 16.4 Å². The molecule has 1 aromatic rings. The first kappa shape index (κ1) is 15.8. The van der Waals surface area contributed by atoms with Gasteiger partial charge in [-0.25, -0.2) is 0 Å². The van der Waals surface area contributed by atoms with Gasteiger partial charge in [0.2, 0.25) is 11.8 Å². The topological polar surface area (TPSA) is 84.2 Å². The number of anilines is 1. The van der Waals surface area contributed by atoms with Gasteiger partial charge in [0.15, 0.2) is 0 Å². The zero-order chi connectivity index (χ0) is 14.3. The summed E-state index contributed by atoms with van der Waals surface area (Å²) in [5, 5.41) is 6.28. The van der Waals surface area contributed by atoms with E-state index in [9.17, 15) is 9.59 Å². The summed E-state index contributed by atoms with van der Waals surface area (Å²) in [5.74, 6) is -0.608. The Morgan fingerprint density at radius 2 is 1.84 bits per heavy atom. The molecule has 0 fully saturated rings. The molecule has 1 rings (SSSR count). The fourth-order valence-corrected chi connectivity index (χ4v) is 1.88. The molecule has 0 aliphatic carbocycles. The predicted molar refractivity (Wildman–Crippen MR) is 76.4 cm³/mol. The first-order valence-electron chi connectivity index (χ1n) is 5.73. The molecule has 0 bridgehead atoms. The summed E-state index contributed by atoms with van der Waals surface area (Å²) in [7, 11) is 0. The van der Waals surface area contributed by atoms with Crippen molar-refractivity contribution in [2.24, 2.45) is 5.73 Å². The highest BCUT2D eigenvalue weighted by Crippen LogP contribution is 2.29. The maximum Gasteiger partial charge on any atom is 0.238 e. The third-order valence-electron chi connectivity index (χ3n) is 2.29. The van der Waals surface area contributed by atoms with Crippen molar-refractivity contribution >= 4 is 40.7 Å². The van der Waals surface area contributed by atoms with Crippen LogP contribution in [0.5, 0.6) is 0 Å². The lowest BCUT2D eigenvalue weighted by molar-refractivity contribution is -0.118. The van der Waals surface area contributed by atoms with Crippen LogP contribution in [-0.4, -0.2) is 24.9 Å². The quantitative estimate of drug-likeness (QED) is 0.671. The van der Waals surface area contributed by atoms with Crippen LogP contribution in [0.3, 0.4) is 0 Å². The number of rotatable bonds is 7. The third kappa shape index (κ3) is 5.92. The molecule has 4 N–H and O–H groups in total. The molecule has 0 heterocycles. The number of hydrogen-bond acceptors (Lipinski definition) is 3. The van der Waals surface area contributed by atoms with Crippen LogP contribution in [0, 0.1) is 0 Å². The average Bonchev–Trinajstić information content (AvgIpc) is 2.33. The lowest BCUT2D eigenvalue weighted by atomic mass is 10.3. The van der Waals surface area contributed by atoms with Gasteiger partial charge in [-0.3, -0.25) is 9.59 Å². The molecule has 0 aromatic heterocycles. The zero-order valence-electron chi connectivity index (χ0n) is 10.2. The molecule has 19 heavy (non-hydrogen) atoms. The molecule has 0 radical (unpaired) electrons. The van der Waals surface area contributed by atoms with E-state index in [0.717, 1.165) is 0 Å². The Morgan fingerprint density at radius 3 is 2.42 bits per heavy atom. The maximum absolute atomic E-state index is 11.6. The van der Waals surface area contributed by atoms with E-state index in [1.165, 1.54) is 0 Å². The number of nitrogens with two attached hydrogens (primary N) is 1. The van der Waals surface area contributed by atoms with Crippen molar-refractivity contribution < 1.29 is 9.59 Å². The minimum atomic E-state index is -0.353. The van der Waals surface area contributed by atoms with Gasteiger partial charge in [0.05, 0.1) is 22.3 Å². The largest absolute Gasteiger partial charge is 0.370 e. The van der Waals surface area contributed by atoms with Crippen molar-refractivity contribution in [1.29, 1.82) is 0 Å². The van der Waals surface area contributed by atoms with Crippen molar-refractivity contribution in [2.75, 3.05) is 18.4 Å². The Morgan fingerprint density at radius 1 is 1.21 bits per heavy atom. The highest BCUT2D eigenvalue weighted by Gasteiger charge is 2.08. The van der Waals surface area contributed by atoms with Gasteiger partial charge in [-0.2, -0.15) is 0 Å². The summed E-state index contributed by atoms with van der Waals surface area (Å²) in [6.07, 6.45) is 0.889. The summed E-state index contributed by atoms with van der Waals surface area (Å²) in [6, 6.07) is 4.98. The Kier molecular flexibility index (Phi) is 6.62. The van der Waals surface area contributed by atoms with Crippen molar-refractivity contribution in [2.45, 2.75) is 12.8 Å². The molecule has 104 valence electrons. The van der Waals surface area contributed by atoms with Gasteiger partial charge >= 0.3 is 0 Å². The summed E-state index contributed by atoms with van der Waals surface area (Å²) in [5.41, 5.74) is 5.39. The Hall–Kier alpha value is -1.30. The van der Waals surface area contributed by atoms with E-state index in [4.69, 9.17) is 28.9 Å². The van der Waals surface area contributed by atoms with Gasteiger partial charge in [-0.05, 0) is 25.1 Å². The van der Waals surface area contributed by atoms with Gasteiger partial charge in [0.25, 0.3) is 0 Å². The van der Waals surface area contributed by atoms with Crippen molar-refractivity contribution in [1.82, 2.24) is 5.32 Å². The summed E-state index contributed by atoms with van der Waals surface area (Å²) in [6.45, 7) is 0.646. The smallest absolute Gasteiger partial charge is 0.238 e. The summed E-state index contributed by atoms with van der Waals surface area (Å²) < 4.78 is 0. The van der Waals surface area contributed by atoms with Crippen LogP contribution in [0.4, 0.5) is 5.69 Å². The van der Waals surface area contributed by atoms with E-state index in [0.29, 0.717) is 35.1 Å². The lowest BCUT2D eigenvalue weighted by Crippen LogP contribution is -2.29. The fourth-order valence-electron chi connectivity index (χ4n) is 1.39. The van der Waals surface area contributed by atoms with Crippen molar-refractivity contribution in [3.05, 3.63) is 28.2 Å². The zero-order valence-corrected chi connectivity index (χ0v) is 11.7. The second-order valence-electron chi connectivity index (χ2n) is 3.89. The van der Waals surface area contributed by atoms with Crippen LogP contribution in [0.1, 0.15) is 12.8 Å². The van der Waals surface area contributed by atoms with E-state index in [1.54, 1.807) is 18.2 Å². The van der Waals surface area contributed by atoms with E-state index in [1.807, 2.05) is 0 Å². The summed E-state index contributed by atoms with van der Waals surface area (Å²) in [4.78, 5) is 22.1. The number of halogens is 2. The molecule has 0 unspecified atom stereocenters. The average molecular weight is 304 g/mol. The number of hydrogen-bond donors (Lipinski definition) is 3. The second-order valence-corrected chi connectivity index (χ2v) is 4.71. The first-order valence-corrected chi connectivity index (χ1v) is 6.49. The van der Waals surface area contributed by atoms with Gasteiger partial charge in [0, 0.05) is 6.42 Å². The van der Waals surface area contributed by atoms with Gasteiger partial charge in [0.1, 0.15) is 0 Å². The number of carbonyl (C=O) groups is 2. The van der Waals surface area contributed by atoms with Crippen LogP contribution < -0.4 is 16.4 Å². The normalized spacial score (nSPS) is 10.2. The lowest BCUT2D eigenvalue weighted by Gasteiger charge is -2.09. The molecule has 5 nitrogen and oxygen atoms in total. The molecule has 0 aliphatic rings. The molecular formula is C12H15Cl2N3O2. The Balaban J connectivity index is 2.33. The number of para-hydroxylation sites is 1. The minimum Gasteiger partial charge on any atom is -0.370 e. The molecule has 0 aliphatic heterocycles. The van der Waals surface area contributed by atoms with Gasteiger partial charge in [-0.1, -0.05) is 29.3 Å². The first-order chi connectivity index (χ1) is 9.00. The fraction of sp³-hybridized carbons (Fsp3) is 0.333. The number of benzene rings is 1. The maximum atomic E-state index is 11.6. The highest BCUT2D eigenvalue weighted by molar-refractivity contribution is 6.39. The van der Waals surface area contributed by atoms with Crippen LogP contribution in [-0.2, 0) is 9.59 Å². The standard InChI is InChI=1S/C12H15Cl2N3O2/c13-8-3-1-4-9(14)12(8)17-11(19)7-16-6-2-5-10(15)18/h1,3-4,16H,2,5-7H2,(H2,15,18)(H,17,19). The monoisotopic (exact) mass is 303 g/mol. The third-order valence-corrected chi connectivity index (χ3v) is 2.92. The molecule has 0 atom stereocenters. The second kappa shape index (κ2) is 7.99. The van der Waals surface area contributed by atoms with Crippen molar-refractivity contribution in [3.63, 3.8) is 0 Å². The van der Waals surface area contributed by atoms with Crippen LogP contribution in [0.2, 0.25) is 10.0 Å². The number of primary amides is 1. The molecule has 7 heteroatoms. The Labute approximate surface area is 121 Å². The SMILES string of the molecule is NC(=O)CCCNCC(=O)Nc1c(Cl)cccc1Cl. The molecule has 1 aromatic carbocycles. The summed E-state index contributed by atoms with van der Waals surface area (Å²) >= 11 is 11.8. The predicted octanol–water partition coefficient (Wildman–Crippen LogP) is 1.79. The van der Waals surface area contributed by atoms with E-state index in [2.05, 4.69) is 10.6 Å². The van der Waals surface area contributed by atoms with Crippen molar-refractivity contribution in [3.8, 4) is 0 Å². The Bertz CT molecular complexity index is 446. The molecular weight excluding hydrogens is 289 g/mol. The van der Waals surface area contributed by atoms with E-state index in [-0.39, 0.29) is 18.4 Å². The minimum absolute atomic E-state index is 0.111. The highest BCUT2D eigenvalue weighted by atomic mass is 35.5. The number of carbonyl (C=O) groups excluding carboxylic acids is 2. The van der Waals surface area contributed by atoms with Crippen LogP contribution in [0.15, 0.2) is 18.2 Å².